The first-order valence-corrected chi connectivity index (χ1v) is 7.00. The fraction of sp³-hybridized carbons (Fsp3) is 0.500. The third-order valence-electron chi connectivity index (χ3n) is 3.31. The normalized spacial score (nSPS) is 18.4. The zero-order valence-electron chi connectivity index (χ0n) is 12.5. The second kappa shape index (κ2) is 5.72. The zero-order chi connectivity index (χ0) is 15.6. The number of carbonyl (C=O) groups excluding carboxylic acids is 1. The summed E-state index contributed by atoms with van der Waals surface area (Å²) < 4.78 is 19.0. The quantitative estimate of drug-likeness (QED) is 0.791. The Hall–Kier alpha value is -2.09. The van der Waals surface area contributed by atoms with E-state index in [1.807, 2.05) is 26.8 Å². The molecule has 1 aliphatic heterocycles. The van der Waals surface area contributed by atoms with Gasteiger partial charge in [-0.05, 0) is 57.4 Å². The molecule has 112 valence electrons. The lowest BCUT2D eigenvalue weighted by Crippen LogP contribution is -2.36. The minimum absolute atomic E-state index is 0.234. The summed E-state index contributed by atoms with van der Waals surface area (Å²) in [5, 5.41) is 8.94. The molecule has 5 heteroatoms. The summed E-state index contributed by atoms with van der Waals surface area (Å²) in [7, 11) is 0. The van der Waals surface area contributed by atoms with E-state index in [4.69, 9.17) is 10.00 Å². The van der Waals surface area contributed by atoms with Gasteiger partial charge in [-0.1, -0.05) is 0 Å². The highest BCUT2D eigenvalue weighted by atomic mass is 19.1. The van der Waals surface area contributed by atoms with Gasteiger partial charge in [-0.15, -0.1) is 0 Å². The van der Waals surface area contributed by atoms with Crippen molar-refractivity contribution in [2.75, 3.05) is 6.54 Å². The standard InChI is InChI=1S/C16H19FN2O2/c1-16(2,3)21-15(20)19-6-4-5-14(19)12-7-11(10-18)8-13(17)9-12/h7-9,14H,4-6H2,1-3H3. The second-order valence-corrected chi connectivity index (χ2v) is 6.22. The van der Waals surface area contributed by atoms with Gasteiger partial charge in [0, 0.05) is 6.54 Å². The summed E-state index contributed by atoms with van der Waals surface area (Å²) >= 11 is 0. The summed E-state index contributed by atoms with van der Waals surface area (Å²) in [4.78, 5) is 13.8. The molecule has 1 aromatic rings. The summed E-state index contributed by atoms with van der Waals surface area (Å²) in [6, 6.07) is 5.91. The Labute approximate surface area is 124 Å². The average molecular weight is 290 g/mol. The molecule has 1 heterocycles. The van der Waals surface area contributed by atoms with Crippen molar-refractivity contribution in [2.45, 2.75) is 45.3 Å². The molecular formula is C16H19FN2O2. The van der Waals surface area contributed by atoms with Crippen LogP contribution in [0.3, 0.4) is 0 Å². The molecule has 1 saturated heterocycles. The minimum Gasteiger partial charge on any atom is -0.444 e. The molecule has 1 fully saturated rings. The van der Waals surface area contributed by atoms with Crippen LogP contribution in [0.25, 0.3) is 0 Å². The zero-order valence-corrected chi connectivity index (χ0v) is 12.5. The lowest BCUT2D eigenvalue weighted by Gasteiger charge is -2.29. The molecule has 2 rings (SSSR count). The third kappa shape index (κ3) is 3.72. The van der Waals surface area contributed by atoms with Gasteiger partial charge in [-0.25, -0.2) is 9.18 Å². The maximum absolute atomic E-state index is 13.6. The fourth-order valence-electron chi connectivity index (χ4n) is 2.52. The van der Waals surface area contributed by atoms with Crippen molar-refractivity contribution in [3.8, 4) is 6.07 Å². The van der Waals surface area contributed by atoms with Gasteiger partial charge in [0.25, 0.3) is 0 Å². The maximum Gasteiger partial charge on any atom is 0.410 e. The number of benzene rings is 1. The lowest BCUT2D eigenvalue weighted by atomic mass is 10.0. The molecule has 0 aliphatic carbocycles. The Balaban J connectivity index is 2.25. The number of nitriles is 1. The van der Waals surface area contributed by atoms with Crippen LogP contribution in [-0.2, 0) is 4.74 Å². The number of likely N-dealkylation sites (tertiary alicyclic amines) is 1. The summed E-state index contributed by atoms with van der Waals surface area (Å²) in [5.74, 6) is -0.458. The van der Waals surface area contributed by atoms with Gasteiger partial charge >= 0.3 is 6.09 Å². The number of carbonyl (C=O) groups is 1. The maximum atomic E-state index is 13.6. The van der Waals surface area contributed by atoms with Gasteiger partial charge in [-0.2, -0.15) is 5.26 Å². The molecule has 0 radical (unpaired) electrons. The first-order valence-electron chi connectivity index (χ1n) is 7.00. The van der Waals surface area contributed by atoms with Crippen molar-refractivity contribution in [2.24, 2.45) is 0 Å². The van der Waals surface area contributed by atoms with E-state index in [0.29, 0.717) is 12.1 Å². The Kier molecular flexibility index (Phi) is 4.17. The van der Waals surface area contributed by atoms with Crippen molar-refractivity contribution in [3.05, 3.63) is 35.1 Å². The van der Waals surface area contributed by atoms with Crippen LogP contribution in [0.4, 0.5) is 9.18 Å². The van der Waals surface area contributed by atoms with E-state index >= 15 is 0 Å². The number of hydrogen-bond acceptors (Lipinski definition) is 3. The van der Waals surface area contributed by atoms with Gasteiger partial charge < -0.3 is 9.64 Å². The number of halogens is 1. The molecule has 1 amide bonds. The molecule has 0 aromatic heterocycles. The monoisotopic (exact) mass is 290 g/mol. The van der Waals surface area contributed by atoms with E-state index < -0.39 is 17.5 Å². The number of rotatable bonds is 1. The highest BCUT2D eigenvalue weighted by Gasteiger charge is 2.33. The van der Waals surface area contributed by atoms with Crippen LogP contribution in [0, 0.1) is 17.1 Å². The van der Waals surface area contributed by atoms with Crippen LogP contribution >= 0.6 is 0 Å². The van der Waals surface area contributed by atoms with E-state index in [9.17, 15) is 9.18 Å². The van der Waals surface area contributed by atoms with E-state index in [1.165, 1.54) is 12.1 Å². The molecular weight excluding hydrogens is 271 g/mol. The van der Waals surface area contributed by atoms with Gasteiger partial charge in [0.2, 0.25) is 0 Å². The first kappa shape index (κ1) is 15.3. The fourth-order valence-corrected chi connectivity index (χ4v) is 2.52. The highest BCUT2D eigenvalue weighted by molar-refractivity contribution is 5.69. The van der Waals surface area contributed by atoms with Crippen molar-refractivity contribution >= 4 is 6.09 Å². The third-order valence-corrected chi connectivity index (χ3v) is 3.31. The molecule has 0 saturated carbocycles. The smallest absolute Gasteiger partial charge is 0.410 e. The second-order valence-electron chi connectivity index (χ2n) is 6.22. The van der Waals surface area contributed by atoms with Gasteiger partial charge in [0.15, 0.2) is 0 Å². The number of amides is 1. The largest absolute Gasteiger partial charge is 0.444 e. The Morgan fingerprint density at radius 2 is 2.14 bits per heavy atom. The molecule has 1 unspecified atom stereocenters. The predicted molar refractivity (Wildman–Crippen MR) is 76.0 cm³/mol. The molecule has 0 N–H and O–H groups in total. The molecule has 4 nitrogen and oxygen atoms in total. The molecule has 0 spiro atoms. The summed E-state index contributed by atoms with van der Waals surface area (Å²) in [5.41, 5.74) is 0.347. The Morgan fingerprint density at radius 1 is 1.43 bits per heavy atom. The lowest BCUT2D eigenvalue weighted by molar-refractivity contribution is 0.0224. The van der Waals surface area contributed by atoms with Crippen molar-refractivity contribution in [3.63, 3.8) is 0 Å². The van der Waals surface area contributed by atoms with Gasteiger partial charge in [0.1, 0.15) is 11.4 Å². The van der Waals surface area contributed by atoms with Gasteiger partial charge in [-0.3, -0.25) is 0 Å². The summed E-state index contributed by atoms with van der Waals surface area (Å²) in [6.07, 6.45) is 1.18. The van der Waals surface area contributed by atoms with E-state index in [1.54, 1.807) is 11.0 Å². The Bertz CT molecular complexity index is 587. The van der Waals surface area contributed by atoms with E-state index in [2.05, 4.69) is 0 Å². The minimum atomic E-state index is -0.566. The predicted octanol–water partition coefficient (Wildman–Crippen LogP) is 3.77. The average Bonchev–Trinajstić information content (AvgIpc) is 2.85. The van der Waals surface area contributed by atoms with Crippen LogP contribution < -0.4 is 0 Å². The number of nitrogens with zero attached hydrogens (tertiary/aromatic N) is 2. The number of hydrogen-bond donors (Lipinski definition) is 0. The molecule has 1 aliphatic rings. The molecule has 0 bridgehead atoms. The summed E-state index contributed by atoms with van der Waals surface area (Å²) in [6.45, 7) is 6.02. The Morgan fingerprint density at radius 3 is 2.76 bits per heavy atom. The van der Waals surface area contributed by atoms with Crippen molar-refractivity contribution in [1.29, 1.82) is 5.26 Å². The van der Waals surface area contributed by atoms with Crippen LogP contribution in [0.1, 0.15) is 50.8 Å². The van der Waals surface area contributed by atoms with Crippen LogP contribution in [0.2, 0.25) is 0 Å². The van der Waals surface area contributed by atoms with E-state index in [0.717, 1.165) is 12.8 Å². The first-order chi connectivity index (χ1) is 9.80. The molecule has 1 atom stereocenters. The molecule has 1 aromatic carbocycles. The highest BCUT2D eigenvalue weighted by Crippen LogP contribution is 2.33. The van der Waals surface area contributed by atoms with Crippen molar-refractivity contribution < 1.29 is 13.9 Å². The molecule has 21 heavy (non-hydrogen) atoms. The van der Waals surface area contributed by atoms with Crippen LogP contribution in [-0.4, -0.2) is 23.1 Å². The van der Waals surface area contributed by atoms with Crippen LogP contribution in [0.5, 0.6) is 0 Å². The topological polar surface area (TPSA) is 53.3 Å². The van der Waals surface area contributed by atoms with Crippen molar-refractivity contribution in [1.82, 2.24) is 4.90 Å². The number of ether oxygens (including phenoxy) is 1. The van der Waals surface area contributed by atoms with E-state index in [-0.39, 0.29) is 11.6 Å². The SMILES string of the molecule is CC(C)(C)OC(=O)N1CCCC1c1cc(F)cc(C#N)c1. The van der Waals surface area contributed by atoms with Gasteiger partial charge in [0.05, 0.1) is 17.7 Å². The van der Waals surface area contributed by atoms with Crippen LogP contribution in [0.15, 0.2) is 18.2 Å².